The number of thiophene rings is 1. The fraction of sp³-hybridized carbons (Fsp3) is 0.500. The van der Waals surface area contributed by atoms with Gasteiger partial charge in [-0.15, -0.1) is 11.3 Å². The van der Waals surface area contributed by atoms with Gasteiger partial charge < -0.3 is 10.5 Å². The predicted molar refractivity (Wildman–Crippen MR) is 57.2 cm³/mol. The molecule has 0 aromatic carbocycles. The Labute approximate surface area is 87.9 Å². The van der Waals surface area contributed by atoms with Gasteiger partial charge in [0.25, 0.3) is 0 Å². The summed E-state index contributed by atoms with van der Waals surface area (Å²) in [6, 6.07) is 4.06. The first-order valence-electron chi connectivity index (χ1n) is 4.67. The van der Waals surface area contributed by atoms with Gasteiger partial charge in [-0.3, -0.25) is 4.79 Å². The molecule has 0 aliphatic heterocycles. The molecular weight excluding hydrogens is 198 g/mol. The number of rotatable bonds is 6. The lowest BCUT2D eigenvalue weighted by Gasteiger charge is -2.11. The summed E-state index contributed by atoms with van der Waals surface area (Å²) in [5, 5.41) is 2.03. The number of hydrogen-bond acceptors (Lipinski definition) is 3. The quantitative estimate of drug-likeness (QED) is 0.780. The first-order chi connectivity index (χ1) is 6.74. The molecule has 0 fully saturated rings. The number of ether oxygens (including phenoxy) is 1. The van der Waals surface area contributed by atoms with Crippen LogP contribution in [0.25, 0.3) is 0 Å². The van der Waals surface area contributed by atoms with Crippen LogP contribution < -0.4 is 5.73 Å². The maximum Gasteiger partial charge on any atom is 0.246 e. The summed E-state index contributed by atoms with van der Waals surface area (Å²) in [6.07, 6.45) is 1.05. The minimum Gasteiger partial charge on any atom is -0.368 e. The molecule has 14 heavy (non-hydrogen) atoms. The molecule has 1 aromatic heterocycles. The molecule has 1 atom stereocenters. The molecule has 3 nitrogen and oxygen atoms in total. The van der Waals surface area contributed by atoms with Gasteiger partial charge in [-0.05, 0) is 17.9 Å². The molecule has 0 radical (unpaired) electrons. The third-order valence-electron chi connectivity index (χ3n) is 1.94. The average Bonchev–Trinajstić information content (AvgIpc) is 2.64. The fourth-order valence-electron chi connectivity index (χ4n) is 1.16. The van der Waals surface area contributed by atoms with Crippen LogP contribution >= 0.6 is 11.3 Å². The van der Waals surface area contributed by atoms with Gasteiger partial charge in [0.2, 0.25) is 5.91 Å². The van der Waals surface area contributed by atoms with Crippen molar-refractivity contribution < 1.29 is 9.53 Å². The summed E-state index contributed by atoms with van der Waals surface area (Å²) in [4.78, 5) is 12.1. The van der Waals surface area contributed by atoms with Gasteiger partial charge in [0.15, 0.2) is 0 Å². The van der Waals surface area contributed by atoms with Gasteiger partial charge in [0.1, 0.15) is 6.10 Å². The molecule has 0 spiro atoms. The average molecular weight is 213 g/mol. The van der Waals surface area contributed by atoms with Crippen LogP contribution in [0.5, 0.6) is 0 Å². The number of amides is 1. The second-order valence-electron chi connectivity index (χ2n) is 3.00. The molecule has 78 valence electrons. The second-order valence-corrected chi connectivity index (χ2v) is 4.03. The number of carbonyl (C=O) groups is 1. The van der Waals surface area contributed by atoms with Crippen molar-refractivity contribution in [2.24, 2.45) is 5.73 Å². The van der Waals surface area contributed by atoms with E-state index in [1.807, 2.05) is 18.4 Å². The van der Waals surface area contributed by atoms with Gasteiger partial charge in [-0.1, -0.05) is 13.0 Å². The maximum atomic E-state index is 10.8. The Balaban J connectivity index is 2.23. The molecule has 0 aliphatic carbocycles. The lowest BCUT2D eigenvalue weighted by atomic mass is 10.2. The van der Waals surface area contributed by atoms with E-state index in [-0.39, 0.29) is 5.91 Å². The highest BCUT2D eigenvalue weighted by atomic mass is 32.1. The van der Waals surface area contributed by atoms with Crippen molar-refractivity contribution in [1.29, 1.82) is 0 Å². The van der Waals surface area contributed by atoms with Gasteiger partial charge in [-0.2, -0.15) is 0 Å². The number of hydrogen-bond donors (Lipinski definition) is 1. The zero-order chi connectivity index (χ0) is 10.4. The molecule has 1 unspecified atom stereocenters. The Morgan fingerprint density at radius 3 is 3.00 bits per heavy atom. The summed E-state index contributed by atoms with van der Waals surface area (Å²) in [7, 11) is 0. The Kier molecular flexibility index (Phi) is 4.62. The number of carbonyl (C=O) groups excluding carboxylic acids is 1. The van der Waals surface area contributed by atoms with E-state index < -0.39 is 6.10 Å². The van der Waals surface area contributed by atoms with E-state index in [0.717, 1.165) is 6.42 Å². The zero-order valence-electron chi connectivity index (χ0n) is 8.23. The molecule has 1 rings (SSSR count). The van der Waals surface area contributed by atoms with Crippen LogP contribution in [0, 0.1) is 0 Å². The number of nitrogens with two attached hydrogens (primary N) is 1. The molecule has 0 bridgehead atoms. The van der Waals surface area contributed by atoms with Crippen molar-refractivity contribution in [3.63, 3.8) is 0 Å². The van der Waals surface area contributed by atoms with E-state index in [4.69, 9.17) is 10.5 Å². The standard InChI is InChI=1S/C10H15NO2S/c1-2-9(10(11)12)13-6-5-8-4-3-7-14-8/h3-4,7,9H,2,5-6H2,1H3,(H2,11,12). The second kappa shape index (κ2) is 5.78. The lowest BCUT2D eigenvalue weighted by Crippen LogP contribution is -2.31. The first kappa shape index (κ1) is 11.2. The van der Waals surface area contributed by atoms with Crippen LogP contribution in [0.15, 0.2) is 17.5 Å². The van der Waals surface area contributed by atoms with Gasteiger partial charge in [0, 0.05) is 11.3 Å². The summed E-state index contributed by atoms with van der Waals surface area (Å²) >= 11 is 1.69. The van der Waals surface area contributed by atoms with Crippen molar-refractivity contribution in [2.45, 2.75) is 25.9 Å². The molecular formula is C10H15NO2S. The summed E-state index contributed by atoms with van der Waals surface area (Å²) < 4.78 is 5.36. The largest absolute Gasteiger partial charge is 0.368 e. The Bertz CT molecular complexity index is 272. The van der Waals surface area contributed by atoms with Gasteiger partial charge in [0.05, 0.1) is 6.61 Å². The van der Waals surface area contributed by atoms with E-state index in [0.29, 0.717) is 13.0 Å². The van der Waals surface area contributed by atoms with Crippen molar-refractivity contribution in [1.82, 2.24) is 0 Å². The normalized spacial score (nSPS) is 12.6. The number of primary amides is 1. The molecule has 2 N–H and O–H groups in total. The van der Waals surface area contributed by atoms with E-state index in [1.54, 1.807) is 11.3 Å². The summed E-state index contributed by atoms with van der Waals surface area (Å²) in [5.74, 6) is -0.376. The van der Waals surface area contributed by atoms with Gasteiger partial charge >= 0.3 is 0 Å². The van der Waals surface area contributed by atoms with Crippen LogP contribution in [-0.4, -0.2) is 18.6 Å². The van der Waals surface area contributed by atoms with Crippen molar-refractivity contribution in [3.05, 3.63) is 22.4 Å². The first-order valence-corrected chi connectivity index (χ1v) is 5.55. The monoisotopic (exact) mass is 213 g/mol. The maximum absolute atomic E-state index is 10.8. The van der Waals surface area contributed by atoms with E-state index in [9.17, 15) is 4.79 Å². The molecule has 1 aromatic rings. The zero-order valence-corrected chi connectivity index (χ0v) is 9.05. The minimum atomic E-state index is -0.435. The Morgan fingerprint density at radius 2 is 2.50 bits per heavy atom. The van der Waals surface area contributed by atoms with Crippen LogP contribution in [0.4, 0.5) is 0 Å². The van der Waals surface area contributed by atoms with Crippen LogP contribution in [0.1, 0.15) is 18.2 Å². The highest BCUT2D eigenvalue weighted by Gasteiger charge is 2.12. The third kappa shape index (κ3) is 3.47. The molecule has 0 aliphatic rings. The molecule has 4 heteroatoms. The topological polar surface area (TPSA) is 52.3 Å². The van der Waals surface area contributed by atoms with Crippen molar-refractivity contribution >= 4 is 17.2 Å². The molecule has 1 heterocycles. The molecule has 1 amide bonds. The van der Waals surface area contributed by atoms with Crippen LogP contribution in [-0.2, 0) is 16.0 Å². The fourth-order valence-corrected chi connectivity index (χ4v) is 1.85. The molecule has 0 saturated heterocycles. The predicted octanol–water partition coefficient (Wildman–Crippen LogP) is 1.57. The third-order valence-corrected chi connectivity index (χ3v) is 2.87. The summed E-state index contributed by atoms with van der Waals surface area (Å²) in [6.45, 7) is 2.45. The SMILES string of the molecule is CCC(OCCc1cccs1)C(N)=O. The highest BCUT2D eigenvalue weighted by Crippen LogP contribution is 2.09. The van der Waals surface area contributed by atoms with Crippen LogP contribution in [0.2, 0.25) is 0 Å². The summed E-state index contributed by atoms with van der Waals surface area (Å²) in [5.41, 5.74) is 5.15. The smallest absolute Gasteiger partial charge is 0.246 e. The van der Waals surface area contributed by atoms with Crippen molar-refractivity contribution in [3.8, 4) is 0 Å². The Hall–Kier alpha value is -0.870. The highest BCUT2D eigenvalue weighted by molar-refractivity contribution is 7.09. The van der Waals surface area contributed by atoms with E-state index in [2.05, 4.69) is 6.07 Å². The molecule has 0 saturated carbocycles. The van der Waals surface area contributed by atoms with E-state index >= 15 is 0 Å². The van der Waals surface area contributed by atoms with Crippen molar-refractivity contribution in [2.75, 3.05) is 6.61 Å². The van der Waals surface area contributed by atoms with E-state index in [1.165, 1.54) is 4.88 Å². The lowest BCUT2D eigenvalue weighted by molar-refractivity contribution is -0.129. The van der Waals surface area contributed by atoms with Gasteiger partial charge in [-0.25, -0.2) is 0 Å². The minimum absolute atomic E-state index is 0.376. The van der Waals surface area contributed by atoms with Crippen LogP contribution in [0.3, 0.4) is 0 Å². The Morgan fingerprint density at radius 1 is 1.71 bits per heavy atom.